The number of oxime groups is 1. The van der Waals surface area contributed by atoms with Crippen LogP contribution in [0.4, 0.5) is 5.82 Å². The van der Waals surface area contributed by atoms with Gasteiger partial charge in [0.1, 0.15) is 0 Å². The van der Waals surface area contributed by atoms with Gasteiger partial charge in [-0.25, -0.2) is 4.98 Å². The second-order valence-electron chi connectivity index (χ2n) is 7.96. The van der Waals surface area contributed by atoms with Gasteiger partial charge in [0, 0.05) is 16.7 Å². The van der Waals surface area contributed by atoms with Gasteiger partial charge >= 0.3 is 0 Å². The number of aromatic nitrogens is 2. The third kappa shape index (κ3) is 3.94. The summed E-state index contributed by atoms with van der Waals surface area (Å²) >= 11 is 0. The minimum absolute atomic E-state index is 0.164. The van der Waals surface area contributed by atoms with E-state index in [0.29, 0.717) is 28.4 Å². The number of Topliss-reactive ketones (excluding diaryl/α,β-unsaturated/α-hetero) is 1. The van der Waals surface area contributed by atoms with Crippen LogP contribution in [0.25, 0.3) is 11.3 Å². The Kier molecular flexibility index (Phi) is 5.10. The molecule has 156 valence electrons. The lowest BCUT2D eigenvalue weighted by molar-refractivity contribution is -0.128. The third-order valence-corrected chi connectivity index (χ3v) is 5.20. The smallest absolute Gasteiger partial charge is 0.257 e. The Morgan fingerprint density at radius 3 is 2.42 bits per heavy atom. The highest BCUT2D eigenvalue weighted by Gasteiger charge is 2.40. The molecule has 2 aromatic carbocycles. The standard InChI is InChI=1S/C24H22N4O3/c1-14-7-5-6-8-17(14)23(30)27-20-13-25-19(12-26-20)18-11-16(10-9-15(18)2)21-22(29)24(3,4)31-28-21/h5-13H,1-4H3,(H,26,27,30). The molecule has 0 bridgehead atoms. The molecule has 1 N–H and O–H groups in total. The van der Waals surface area contributed by atoms with Crippen LogP contribution in [0.15, 0.2) is 60.0 Å². The second-order valence-corrected chi connectivity index (χ2v) is 7.96. The summed E-state index contributed by atoms with van der Waals surface area (Å²) in [5.41, 5.74) is 3.88. The Morgan fingerprint density at radius 2 is 1.77 bits per heavy atom. The summed E-state index contributed by atoms with van der Waals surface area (Å²) in [6.07, 6.45) is 3.11. The minimum atomic E-state index is -0.961. The summed E-state index contributed by atoms with van der Waals surface area (Å²) in [6, 6.07) is 12.9. The van der Waals surface area contributed by atoms with Crippen molar-refractivity contribution in [2.24, 2.45) is 5.16 Å². The van der Waals surface area contributed by atoms with E-state index >= 15 is 0 Å². The number of anilines is 1. The largest absolute Gasteiger partial charge is 0.381 e. The lowest BCUT2D eigenvalue weighted by Crippen LogP contribution is -2.33. The topological polar surface area (TPSA) is 93.5 Å². The summed E-state index contributed by atoms with van der Waals surface area (Å²) < 4.78 is 0. The maximum atomic E-state index is 12.5. The number of carbonyl (C=O) groups is 2. The van der Waals surface area contributed by atoms with Crippen LogP contribution in [0.5, 0.6) is 0 Å². The number of hydrogen-bond acceptors (Lipinski definition) is 6. The second kappa shape index (κ2) is 7.75. The van der Waals surface area contributed by atoms with Crippen LogP contribution in [0.3, 0.4) is 0 Å². The monoisotopic (exact) mass is 414 g/mol. The van der Waals surface area contributed by atoms with Gasteiger partial charge in [-0.1, -0.05) is 35.5 Å². The SMILES string of the molecule is Cc1ccccc1C(=O)Nc1cnc(-c2cc(C3=NOC(C)(C)C3=O)ccc2C)cn1. The highest BCUT2D eigenvalue weighted by Crippen LogP contribution is 2.27. The minimum Gasteiger partial charge on any atom is -0.381 e. The number of aryl methyl sites for hydroxylation is 2. The molecule has 7 heteroatoms. The Balaban J connectivity index is 1.58. The number of hydrogen-bond donors (Lipinski definition) is 1. The summed E-state index contributed by atoms with van der Waals surface area (Å²) in [5, 5.41) is 6.74. The van der Waals surface area contributed by atoms with E-state index in [9.17, 15) is 9.59 Å². The first kappa shape index (κ1) is 20.4. The quantitative estimate of drug-likeness (QED) is 0.694. The van der Waals surface area contributed by atoms with Crippen LogP contribution in [-0.2, 0) is 9.63 Å². The van der Waals surface area contributed by atoms with E-state index in [1.165, 1.54) is 6.20 Å². The first-order valence-electron chi connectivity index (χ1n) is 9.87. The van der Waals surface area contributed by atoms with E-state index in [4.69, 9.17) is 4.84 Å². The van der Waals surface area contributed by atoms with E-state index in [1.807, 2.05) is 50.2 Å². The maximum absolute atomic E-state index is 12.5. The van der Waals surface area contributed by atoms with Gasteiger partial charge in [0.05, 0.1) is 18.1 Å². The van der Waals surface area contributed by atoms with E-state index in [0.717, 1.165) is 16.7 Å². The molecule has 0 unspecified atom stereocenters. The van der Waals surface area contributed by atoms with Gasteiger partial charge in [-0.3, -0.25) is 14.6 Å². The predicted molar refractivity (Wildman–Crippen MR) is 118 cm³/mol. The Hall–Kier alpha value is -3.87. The lowest BCUT2D eigenvalue weighted by Gasteiger charge is -2.12. The molecular weight excluding hydrogens is 392 g/mol. The van der Waals surface area contributed by atoms with Gasteiger partial charge in [0.25, 0.3) is 5.91 Å². The van der Waals surface area contributed by atoms with Gasteiger partial charge in [-0.15, -0.1) is 0 Å². The predicted octanol–water partition coefficient (Wildman–Crippen LogP) is 4.09. The number of carbonyl (C=O) groups excluding carboxylic acids is 2. The molecule has 0 fully saturated rings. The molecule has 1 aliphatic heterocycles. The van der Waals surface area contributed by atoms with Gasteiger partial charge in [0.2, 0.25) is 5.78 Å². The Labute approximate surface area is 180 Å². The van der Waals surface area contributed by atoms with Crippen molar-refractivity contribution in [2.75, 3.05) is 5.32 Å². The molecular formula is C24H22N4O3. The molecule has 2 heterocycles. The molecule has 3 aromatic rings. The molecule has 4 rings (SSSR count). The molecule has 0 radical (unpaired) electrons. The van der Waals surface area contributed by atoms with E-state index in [-0.39, 0.29) is 11.7 Å². The summed E-state index contributed by atoms with van der Waals surface area (Å²) in [5.74, 6) is -0.0438. The van der Waals surface area contributed by atoms with Crippen molar-refractivity contribution in [2.45, 2.75) is 33.3 Å². The summed E-state index contributed by atoms with van der Waals surface area (Å²) in [4.78, 5) is 39.1. The average Bonchev–Trinajstić information content (AvgIpc) is 3.02. The third-order valence-electron chi connectivity index (χ3n) is 5.20. The van der Waals surface area contributed by atoms with Crippen LogP contribution in [-0.4, -0.2) is 33.0 Å². The van der Waals surface area contributed by atoms with Crippen LogP contribution in [0.1, 0.15) is 40.9 Å². The van der Waals surface area contributed by atoms with Crippen molar-refractivity contribution in [3.05, 3.63) is 77.1 Å². The van der Waals surface area contributed by atoms with E-state index in [2.05, 4.69) is 20.4 Å². The van der Waals surface area contributed by atoms with E-state index in [1.54, 1.807) is 26.1 Å². The van der Waals surface area contributed by atoms with Crippen molar-refractivity contribution < 1.29 is 14.4 Å². The number of nitrogens with one attached hydrogen (secondary N) is 1. The zero-order valence-corrected chi connectivity index (χ0v) is 17.8. The number of benzene rings is 2. The average molecular weight is 414 g/mol. The zero-order valence-electron chi connectivity index (χ0n) is 17.8. The highest BCUT2D eigenvalue weighted by atomic mass is 16.7. The Morgan fingerprint density at radius 1 is 1.00 bits per heavy atom. The van der Waals surface area contributed by atoms with Crippen LogP contribution in [0, 0.1) is 13.8 Å². The van der Waals surface area contributed by atoms with Crippen molar-refractivity contribution in [3.63, 3.8) is 0 Å². The normalized spacial score (nSPS) is 14.7. The van der Waals surface area contributed by atoms with Crippen LogP contribution < -0.4 is 5.32 Å². The van der Waals surface area contributed by atoms with Crippen LogP contribution in [0.2, 0.25) is 0 Å². The van der Waals surface area contributed by atoms with Gasteiger partial charge in [-0.2, -0.15) is 0 Å². The Bertz CT molecular complexity index is 1210. The molecule has 0 saturated carbocycles. The van der Waals surface area contributed by atoms with Gasteiger partial charge in [-0.05, 0) is 51.0 Å². The number of nitrogens with zero attached hydrogens (tertiary/aromatic N) is 3. The van der Waals surface area contributed by atoms with Crippen molar-refractivity contribution in [3.8, 4) is 11.3 Å². The van der Waals surface area contributed by atoms with Crippen molar-refractivity contribution in [1.82, 2.24) is 9.97 Å². The maximum Gasteiger partial charge on any atom is 0.257 e. The van der Waals surface area contributed by atoms with Gasteiger partial charge < -0.3 is 10.2 Å². The highest BCUT2D eigenvalue weighted by molar-refractivity contribution is 6.49. The summed E-state index contributed by atoms with van der Waals surface area (Å²) in [7, 11) is 0. The summed E-state index contributed by atoms with van der Waals surface area (Å²) in [6.45, 7) is 7.21. The molecule has 0 atom stereocenters. The molecule has 31 heavy (non-hydrogen) atoms. The molecule has 0 saturated heterocycles. The van der Waals surface area contributed by atoms with E-state index < -0.39 is 5.60 Å². The van der Waals surface area contributed by atoms with Crippen molar-refractivity contribution >= 4 is 23.2 Å². The fraction of sp³-hybridized carbons (Fsp3) is 0.208. The molecule has 7 nitrogen and oxygen atoms in total. The molecule has 1 amide bonds. The molecule has 1 aliphatic rings. The fourth-order valence-corrected chi connectivity index (χ4v) is 3.30. The molecule has 1 aromatic heterocycles. The van der Waals surface area contributed by atoms with Crippen molar-refractivity contribution in [1.29, 1.82) is 0 Å². The fourth-order valence-electron chi connectivity index (χ4n) is 3.30. The molecule has 0 spiro atoms. The number of amides is 1. The lowest BCUT2D eigenvalue weighted by atomic mass is 9.93. The van der Waals surface area contributed by atoms with Gasteiger partial charge in [0.15, 0.2) is 17.1 Å². The molecule has 0 aliphatic carbocycles. The number of rotatable bonds is 4. The zero-order chi connectivity index (χ0) is 22.2. The first-order chi connectivity index (χ1) is 14.8. The van der Waals surface area contributed by atoms with Crippen LogP contribution >= 0.6 is 0 Å². The number of ketones is 1. The first-order valence-corrected chi connectivity index (χ1v) is 9.87.